The first kappa shape index (κ1) is 20.7. The number of methoxy groups -OCH3 is 1. The topological polar surface area (TPSA) is 110 Å². The van der Waals surface area contributed by atoms with Gasteiger partial charge in [0.1, 0.15) is 5.75 Å². The Morgan fingerprint density at radius 3 is 2.63 bits per heavy atom. The van der Waals surface area contributed by atoms with Crippen LogP contribution in [-0.4, -0.2) is 60.6 Å². The van der Waals surface area contributed by atoms with Crippen LogP contribution in [0.5, 0.6) is 5.75 Å². The molecule has 3 N–H and O–H groups in total. The van der Waals surface area contributed by atoms with E-state index in [1.54, 1.807) is 35.0 Å². The summed E-state index contributed by atoms with van der Waals surface area (Å²) in [6, 6.07) is 4.77. The monoisotopic (exact) mass is 393 g/mol. The molecule has 1 unspecified atom stereocenters. The fraction of sp³-hybridized carbons (Fsp3) is 0.412. The van der Waals surface area contributed by atoms with Crippen LogP contribution in [0.2, 0.25) is 5.02 Å². The Bertz CT molecular complexity index is 816. The van der Waals surface area contributed by atoms with Gasteiger partial charge in [0.15, 0.2) is 5.82 Å². The molecule has 0 aliphatic heterocycles. The van der Waals surface area contributed by atoms with Crippen molar-refractivity contribution in [1.29, 1.82) is 0 Å². The third kappa shape index (κ3) is 5.41. The molecule has 0 aliphatic carbocycles. The van der Waals surface area contributed by atoms with Crippen molar-refractivity contribution in [3.8, 4) is 5.75 Å². The number of benzene rings is 1. The van der Waals surface area contributed by atoms with E-state index in [-0.39, 0.29) is 24.4 Å². The lowest BCUT2D eigenvalue weighted by Gasteiger charge is -2.24. The number of nitrogens with two attached hydrogens (primary N) is 1. The fourth-order valence-corrected chi connectivity index (χ4v) is 2.48. The summed E-state index contributed by atoms with van der Waals surface area (Å²) < 4.78 is 5.24. The van der Waals surface area contributed by atoms with E-state index in [0.717, 1.165) is 0 Å². The Labute approximate surface area is 163 Å². The van der Waals surface area contributed by atoms with Crippen LogP contribution in [0.4, 0.5) is 17.6 Å². The predicted octanol–water partition coefficient (Wildman–Crippen LogP) is 1.81. The summed E-state index contributed by atoms with van der Waals surface area (Å²) in [5.74, 6) is 1.40. The lowest BCUT2D eigenvalue weighted by atomic mass is 10.2. The quantitative estimate of drug-likeness (QED) is 0.732. The van der Waals surface area contributed by atoms with Gasteiger partial charge in [-0.05, 0) is 32.2 Å². The minimum absolute atomic E-state index is 0.111. The number of rotatable bonds is 7. The van der Waals surface area contributed by atoms with E-state index in [0.29, 0.717) is 28.2 Å². The number of hydrogen-bond acceptors (Lipinski definition) is 8. The molecule has 2 rings (SSSR count). The first-order chi connectivity index (χ1) is 12.7. The molecular formula is C17H24ClN7O2. The van der Waals surface area contributed by atoms with Crippen molar-refractivity contribution in [2.75, 3.05) is 50.7 Å². The molecule has 0 saturated carbocycles. The SMILES string of the molecule is COc1ccc(Cl)cc1NC(=O)CN(C)C(C)c1nc(N)nc(N(C)C)n1. The summed E-state index contributed by atoms with van der Waals surface area (Å²) in [6.07, 6.45) is 0. The maximum Gasteiger partial charge on any atom is 0.238 e. The van der Waals surface area contributed by atoms with E-state index in [2.05, 4.69) is 20.3 Å². The molecule has 0 fully saturated rings. The van der Waals surface area contributed by atoms with E-state index < -0.39 is 0 Å². The average molecular weight is 394 g/mol. The number of hydrogen-bond donors (Lipinski definition) is 2. The molecule has 1 amide bonds. The standard InChI is InChI=1S/C17H24ClN7O2/c1-10(15-21-16(19)23-17(22-15)24(2)3)25(4)9-14(26)20-12-8-11(18)6-7-13(12)27-5/h6-8,10H,9H2,1-5H3,(H,20,26)(H2,19,21,22,23). The number of likely N-dealkylation sites (N-methyl/N-ethyl adjacent to an activating group) is 1. The zero-order valence-corrected chi connectivity index (χ0v) is 16.8. The van der Waals surface area contributed by atoms with Gasteiger partial charge in [-0.2, -0.15) is 15.0 Å². The van der Waals surface area contributed by atoms with Crippen LogP contribution in [0.15, 0.2) is 18.2 Å². The Morgan fingerprint density at radius 1 is 1.30 bits per heavy atom. The summed E-state index contributed by atoms with van der Waals surface area (Å²) >= 11 is 5.99. The van der Waals surface area contributed by atoms with Crippen molar-refractivity contribution in [1.82, 2.24) is 19.9 Å². The zero-order valence-electron chi connectivity index (χ0n) is 16.0. The van der Waals surface area contributed by atoms with Crippen LogP contribution in [0.1, 0.15) is 18.8 Å². The highest BCUT2D eigenvalue weighted by Gasteiger charge is 2.20. The first-order valence-corrected chi connectivity index (χ1v) is 8.61. The second kappa shape index (κ2) is 8.83. The van der Waals surface area contributed by atoms with E-state index in [4.69, 9.17) is 22.1 Å². The second-order valence-electron chi connectivity index (χ2n) is 6.23. The van der Waals surface area contributed by atoms with Crippen LogP contribution >= 0.6 is 11.6 Å². The third-order valence-electron chi connectivity index (χ3n) is 3.92. The van der Waals surface area contributed by atoms with Gasteiger partial charge in [0, 0.05) is 19.1 Å². The molecule has 9 nitrogen and oxygen atoms in total. The van der Waals surface area contributed by atoms with Crippen molar-refractivity contribution in [3.05, 3.63) is 29.0 Å². The maximum atomic E-state index is 12.4. The first-order valence-electron chi connectivity index (χ1n) is 8.23. The molecule has 0 bridgehead atoms. The number of anilines is 3. The lowest BCUT2D eigenvalue weighted by Crippen LogP contribution is -2.33. The Kier molecular flexibility index (Phi) is 6.75. The minimum atomic E-state index is -0.249. The van der Waals surface area contributed by atoms with Gasteiger partial charge in [-0.1, -0.05) is 11.6 Å². The molecule has 0 saturated heterocycles. The number of amides is 1. The average Bonchev–Trinajstić information content (AvgIpc) is 2.60. The van der Waals surface area contributed by atoms with Gasteiger partial charge in [-0.3, -0.25) is 9.69 Å². The van der Waals surface area contributed by atoms with Crippen LogP contribution in [0.25, 0.3) is 0 Å². The third-order valence-corrected chi connectivity index (χ3v) is 4.16. The van der Waals surface area contributed by atoms with Gasteiger partial charge >= 0.3 is 0 Å². The number of nitrogens with one attached hydrogen (secondary N) is 1. The highest BCUT2D eigenvalue weighted by molar-refractivity contribution is 6.31. The molecule has 27 heavy (non-hydrogen) atoms. The molecule has 0 spiro atoms. The molecule has 1 atom stereocenters. The number of nitrogen functional groups attached to an aromatic ring is 1. The van der Waals surface area contributed by atoms with Gasteiger partial charge in [-0.15, -0.1) is 0 Å². The maximum absolute atomic E-state index is 12.4. The van der Waals surface area contributed by atoms with Crippen LogP contribution < -0.4 is 20.7 Å². The molecule has 0 aliphatic rings. The lowest BCUT2D eigenvalue weighted by molar-refractivity contribution is -0.117. The number of aromatic nitrogens is 3. The van der Waals surface area contributed by atoms with Crippen molar-refractivity contribution in [3.63, 3.8) is 0 Å². The van der Waals surface area contributed by atoms with Crippen LogP contribution in [0, 0.1) is 0 Å². The molecule has 1 heterocycles. The summed E-state index contributed by atoms with van der Waals surface area (Å²) in [7, 11) is 6.97. The van der Waals surface area contributed by atoms with Gasteiger partial charge < -0.3 is 20.7 Å². The van der Waals surface area contributed by atoms with E-state index in [9.17, 15) is 4.79 Å². The van der Waals surface area contributed by atoms with Crippen LogP contribution in [0.3, 0.4) is 0 Å². The smallest absolute Gasteiger partial charge is 0.238 e. The van der Waals surface area contributed by atoms with Gasteiger partial charge in [-0.25, -0.2) is 0 Å². The normalized spacial score (nSPS) is 12.0. The Morgan fingerprint density at radius 2 is 2.00 bits per heavy atom. The Balaban J connectivity index is 2.09. The fourth-order valence-electron chi connectivity index (χ4n) is 2.31. The van der Waals surface area contributed by atoms with Crippen LogP contribution in [-0.2, 0) is 4.79 Å². The summed E-state index contributed by atoms with van der Waals surface area (Å²) in [6.45, 7) is 2.00. The van der Waals surface area contributed by atoms with Crippen molar-refractivity contribution >= 4 is 35.1 Å². The van der Waals surface area contributed by atoms with Gasteiger partial charge in [0.2, 0.25) is 17.8 Å². The number of carbonyl (C=O) groups excluding carboxylic acids is 1. The van der Waals surface area contributed by atoms with E-state index in [1.165, 1.54) is 7.11 Å². The van der Waals surface area contributed by atoms with Gasteiger partial charge in [0.25, 0.3) is 0 Å². The molecular weight excluding hydrogens is 370 g/mol. The molecule has 1 aromatic heterocycles. The summed E-state index contributed by atoms with van der Waals surface area (Å²) in [5.41, 5.74) is 6.28. The van der Waals surface area contributed by atoms with E-state index in [1.807, 2.05) is 21.0 Å². The Hall–Kier alpha value is -2.65. The highest BCUT2D eigenvalue weighted by atomic mass is 35.5. The highest BCUT2D eigenvalue weighted by Crippen LogP contribution is 2.27. The minimum Gasteiger partial charge on any atom is -0.495 e. The summed E-state index contributed by atoms with van der Waals surface area (Å²) in [4.78, 5) is 28.7. The number of halogens is 1. The molecule has 10 heteroatoms. The van der Waals surface area contributed by atoms with Crippen molar-refractivity contribution in [2.45, 2.75) is 13.0 Å². The number of ether oxygens (including phenoxy) is 1. The number of nitrogens with zero attached hydrogens (tertiary/aromatic N) is 5. The predicted molar refractivity (Wildman–Crippen MR) is 106 cm³/mol. The zero-order chi connectivity index (χ0) is 20.1. The van der Waals surface area contributed by atoms with Gasteiger partial charge in [0.05, 0.1) is 25.4 Å². The van der Waals surface area contributed by atoms with Crippen molar-refractivity contribution in [2.24, 2.45) is 0 Å². The molecule has 146 valence electrons. The van der Waals surface area contributed by atoms with E-state index >= 15 is 0 Å². The molecule has 2 aromatic rings. The molecule has 1 aromatic carbocycles. The second-order valence-corrected chi connectivity index (χ2v) is 6.67. The van der Waals surface area contributed by atoms with Crippen molar-refractivity contribution < 1.29 is 9.53 Å². The summed E-state index contributed by atoms with van der Waals surface area (Å²) in [5, 5.41) is 3.31. The number of carbonyl (C=O) groups is 1. The largest absolute Gasteiger partial charge is 0.495 e. The molecule has 0 radical (unpaired) electrons.